The molecule has 1 amide bonds. The number of nitrogens with one attached hydrogen (secondary N) is 1. The topological polar surface area (TPSA) is 45.7 Å². The van der Waals surface area contributed by atoms with Crippen LogP contribution < -0.4 is 10.6 Å². The first-order valence-corrected chi connectivity index (χ1v) is 8.50. The summed E-state index contributed by atoms with van der Waals surface area (Å²) >= 11 is 6.20. The summed E-state index contributed by atoms with van der Waals surface area (Å²) in [7, 11) is 0. The van der Waals surface area contributed by atoms with Crippen molar-refractivity contribution in [3.63, 3.8) is 0 Å². The molecular formula is C19H22ClN2O+. The molecule has 0 saturated carbocycles. The molecule has 4 heteroatoms. The molecule has 1 atom stereocenters. The first kappa shape index (κ1) is 16.0. The van der Waals surface area contributed by atoms with E-state index in [0.29, 0.717) is 6.54 Å². The fourth-order valence-corrected chi connectivity index (χ4v) is 3.42. The van der Waals surface area contributed by atoms with Crippen LogP contribution in [0.15, 0.2) is 42.5 Å². The molecule has 0 saturated heterocycles. The Balaban J connectivity index is 1.54. The maximum atomic E-state index is 12.2. The summed E-state index contributed by atoms with van der Waals surface area (Å²) < 4.78 is 0. The van der Waals surface area contributed by atoms with Gasteiger partial charge in [0.05, 0.1) is 0 Å². The first-order chi connectivity index (χ1) is 11.1. The summed E-state index contributed by atoms with van der Waals surface area (Å²) in [6.45, 7) is 2.44. The molecule has 23 heavy (non-hydrogen) atoms. The number of anilines is 1. The molecule has 0 fully saturated rings. The van der Waals surface area contributed by atoms with E-state index < -0.39 is 0 Å². The van der Waals surface area contributed by atoms with Gasteiger partial charge < -0.3 is 10.6 Å². The highest BCUT2D eigenvalue weighted by Gasteiger charge is 2.15. The predicted octanol–water partition coefficient (Wildman–Crippen LogP) is 3.09. The Labute approximate surface area is 142 Å². The Bertz CT molecular complexity index is 714. The molecule has 0 bridgehead atoms. The van der Waals surface area contributed by atoms with E-state index in [4.69, 9.17) is 11.6 Å². The van der Waals surface area contributed by atoms with Gasteiger partial charge in [0.1, 0.15) is 6.04 Å². The van der Waals surface area contributed by atoms with Crippen molar-refractivity contribution < 1.29 is 10.1 Å². The van der Waals surface area contributed by atoms with Gasteiger partial charge in [-0.1, -0.05) is 35.9 Å². The minimum absolute atomic E-state index is 0.0156. The summed E-state index contributed by atoms with van der Waals surface area (Å²) in [5.41, 5.74) is 4.74. The summed E-state index contributed by atoms with van der Waals surface area (Å²) in [6, 6.07) is 14.2. The molecule has 3 rings (SSSR count). The standard InChI is InChI=1S/C19H21ClN2O/c1-13(17-7-2-3-8-18(17)20)21-12-19(23)22-16-10-9-14-5-4-6-15(14)11-16/h2-3,7-11,13,21H,4-6,12H2,1H3,(H,22,23)/p+1/t13-/m0/s1. The van der Waals surface area contributed by atoms with E-state index in [2.05, 4.69) is 24.4 Å². The Morgan fingerprint density at radius 3 is 2.83 bits per heavy atom. The monoisotopic (exact) mass is 329 g/mol. The Morgan fingerprint density at radius 1 is 1.22 bits per heavy atom. The number of carbonyl (C=O) groups excluding carboxylic acids is 1. The third-order valence-corrected chi connectivity index (χ3v) is 4.78. The van der Waals surface area contributed by atoms with Gasteiger partial charge in [0.2, 0.25) is 0 Å². The zero-order chi connectivity index (χ0) is 16.2. The lowest BCUT2D eigenvalue weighted by atomic mass is 10.1. The van der Waals surface area contributed by atoms with Crippen molar-refractivity contribution in [1.82, 2.24) is 0 Å². The third kappa shape index (κ3) is 3.92. The molecule has 1 aliphatic rings. The van der Waals surface area contributed by atoms with Gasteiger partial charge in [-0.25, -0.2) is 0 Å². The van der Waals surface area contributed by atoms with Crippen LogP contribution in [-0.4, -0.2) is 12.5 Å². The SMILES string of the molecule is C[C@H]([NH2+]CC(=O)Nc1ccc2c(c1)CCC2)c1ccccc1Cl. The van der Waals surface area contributed by atoms with Crippen LogP contribution >= 0.6 is 11.6 Å². The van der Waals surface area contributed by atoms with E-state index in [1.165, 1.54) is 17.5 Å². The molecule has 1 aliphatic carbocycles. The van der Waals surface area contributed by atoms with Crippen LogP contribution in [0.1, 0.15) is 36.1 Å². The van der Waals surface area contributed by atoms with E-state index in [0.717, 1.165) is 29.1 Å². The lowest BCUT2D eigenvalue weighted by Crippen LogP contribution is -2.86. The van der Waals surface area contributed by atoms with Crippen molar-refractivity contribution in [2.45, 2.75) is 32.2 Å². The number of carbonyl (C=O) groups is 1. The number of aryl methyl sites for hydroxylation is 2. The van der Waals surface area contributed by atoms with Gasteiger partial charge in [0.15, 0.2) is 6.54 Å². The van der Waals surface area contributed by atoms with E-state index >= 15 is 0 Å². The number of amides is 1. The quantitative estimate of drug-likeness (QED) is 0.870. The van der Waals surface area contributed by atoms with E-state index in [1.807, 2.05) is 35.6 Å². The van der Waals surface area contributed by atoms with Gasteiger partial charge in [0, 0.05) is 16.3 Å². The molecule has 3 N–H and O–H groups in total. The average molecular weight is 330 g/mol. The predicted molar refractivity (Wildman–Crippen MR) is 93.8 cm³/mol. The zero-order valence-corrected chi connectivity index (χ0v) is 14.1. The van der Waals surface area contributed by atoms with Crippen LogP contribution in [0.4, 0.5) is 5.69 Å². The fraction of sp³-hybridized carbons (Fsp3) is 0.316. The maximum Gasteiger partial charge on any atom is 0.279 e. The van der Waals surface area contributed by atoms with Gasteiger partial charge in [-0.15, -0.1) is 0 Å². The molecule has 0 unspecified atom stereocenters. The fourth-order valence-electron chi connectivity index (χ4n) is 3.12. The second-order valence-corrected chi connectivity index (χ2v) is 6.54. The Morgan fingerprint density at radius 2 is 2.00 bits per heavy atom. The molecule has 0 aromatic heterocycles. The molecular weight excluding hydrogens is 308 g/mol. The van der Waals surface area contributed by atoms with Gasteiger partial charge in [-0.3, -0.25) is 4.79 Å². The van der Waals surface area contributed by atoms with Gasteiger partial charge >= 0.3 is 0 Å². The number of fused-ring (bicyclic) bond motifs is 1. The van der Waals surface area contributed by atoms with Crippen LogP contribution in [0.2, 0.25) is 5.02 Å². The lowest BCUT2D eigenvalue weighted by molar-refractivity contribution is -0.682. The molecule has 0 heterocycles. The molecule has 2 aromatic carbocycles. The van der Waals surface area contributed by atoms with E-state index in [9.17, 15) is 4.79 Å². The minimum Gasteiger partial charge on any atom is -0.332 e. The second kappa shape index (κ2) is 7.16. The van der Waals surface area contributed by atoms with E-state index in [-0.39, 0.29) is 11.9 Å². The maximum absolute atomic E-state index is 12.2. The van der Waals surface area contributed by atoms with Crippen LogP contribution in [0.25, 0.3) is 0 Å². The van der Waals surface area contributed by atoms with Gasteiger partial charge in [-0.2, -0.15) is 0 Å². The Hall–Kier alpha value is -1.84. The van der Waals surface area contributed by atoms with Crippen LogP contribution in [0.3, 0.4) is 0 Å². The highest BCUT2D eigenvalue weighted by atomic mass is 35.5. The highest BCUT2D eigenvalue weighted by Crippen LogP contribution is 2.24. The number of halogens is 1. The van der Waals surface area contributed by atoms with Gasteiger partial charge in [-0.05, 0) is 55.5 Å². The summed E-state index contributed by atoms with van der Waals surface area (Å²) in [4.78, 5) is 12.2. The summed E-state index contributed by atoms with van der Waals surface area (Å²) in [5, 5.41) is 5.74. The molecule has 0 spiro atoms. The van der Waals surface area contributed by atoms with Gasteiger partial charge in [0.25, 0.3) is 5.91 Å². The smallest absolute Gasteiger partial charge is 0.279 e. The number of hydrogen-bond donors (Lipinski definition) is 2. The van der Waals surface area contributed by atoms with Crippen molar-refractivity contribution in [2.24, 2.45) is 0 Å². The average Bonchev–Trinajstić information content (AvgIpc) is 3.01. The van der Waals surface area contributed by atoms with Crippen molar-refractivity contribution >= 4 is 23.2 Å². The highest BCUT2D eigenvalue weighted by molar-refractivity contribution is 6.31. The Kier molecular flexibility index (Phi) is 4.99. The second-order valence-electron chi connectivity index (χ2n) is 6.14. The normalized spacial score (nSPS) is 14.3. The molecule has 3 nitrogen and oxygen atoms in total. The number of quaternary nitrogens is 1. The summed E-state index contributed by atoms with van der Waals surface area (Å²) in [5.74, 6) is 0.0156. The number of benzene rings is 2. The molecule has 2 aromatic rings. The number of hydrogen-bond acceptors (Lipinski definition) is 1. The largest absolute Gasteiger partial charge is 0.332 e. The van der Waals surface area contributed by atoms with Crippen molar-refractivity contribution in [2.75, 3.05) is 11.9 Å². The lowest BCUT2D eigenvalue weighted by Gasteiger charge is -2.13. The van der Waals surface area contributed by atoms with Crippen molar-refractivity contribution in [3.05, 3.63) is 64.2 Å². The molecule has 0 radical (unpaired) electrons. The first-order valence-electron chi connectivity index (χ1n) is 8.13. The number of nitrogens with two attached hydrogens (primary N) is 1. The zero-order valence-electron chi connectivity index (χ0n) is 13.3. The molecule has 0 aliphatic heterocycles. The minimum atomic E-state index is 0.0156. The van der Waals surface area contributed by atoms with Crippen LogP contribution in [0.5, 0.6) is 0 Å². The molecule has 120 valence electrons. The van der Waals surface area contributed by atoms with Crippen LogP contribution in [0, 0.1) is 0 Å². The van der Waals surface area contributed by atoms with E-state index in [1.54, 1.807) is 0 Å². The third-order valence-electron chi connectivity index (χ3n) is 4.43. The van der Waals surface area contributed by atoms with Crippen molar-refractivity contribution in [1.29, 1.82) is 0 Å². The number of rotatable bonds is 5. The summed E-state index contributed by atoms with van der Waals surface area (Å²) in [6.07, 6.45) is 3.50. The van der Waals surface area contributed by atoms with Crippen molar-refractivity contribution in [3.8, 4) is 0 Å². The van der Waals surface area contributed by atoms with Crippen LogP contribution in [-0.2, 0) is 17.6 Å².